The van der Waals surface area contributed by atoms with E-state index < -0.39 is 0 Å². The number of ether oxygens (including phenoxy) is 1. The lowest BCUT2D eigenvalue weighted by atomic mass is 10.1. The van der Waals surface area contributed by atoms with Crippen LogP contribution in [-0.4, -0.2) is 0 Å². The van der Waals surface area contributed by atoms with Crippen LogP contribution in [0.4, 0.5) is 0 Å². The molecular weight excluding hydrogens is 290 g/mol. The molecule has 2 aromatic carbocycles. The van der Waals surface area contributed by atoms with Gasteiger partial charge in [-0.05, 0) is 49.2 Å². The number of halogens is 1. The van der Waals surface area contributed by atoms with E-state index in [1.165, 1.54) is 5.56 Å². The maximum atomic E-state index is 5.97. The lowest BCUT2D eigenvalue weighted by molar-refractivity contribution is 0.472. The standard InChI is InChI=1S/C15H16BrNO/c1-10-3-4-11(2)15(7-10)18-14-6-5-13(16)8-12(14)9-17/h3-8H,9,17H2,1-2H3. The Morgan fingerprint density at radius 1 is 1.06 bits per heavy atom. The first-order valence-electron chi connectivity index (χ1n) is 5.84. The van der Waals surface area contributed by atoms with Crippen molar-refractivity contribution in [3.05, 3.63) is 57.6 Å². The molecule has 0 aliphatic carbocycles. The van der Waals surface area contributed by atoms with E-state index in [0.717, 1.165) is 27.1 Å². The molecule has 0 spiro atoms. The molecule has 0 amide bonds. The van der Waals surface area contributed by atoms with E-state index in [2.05, 4.69) is 35.0 Å². The van der Waals surface area contributed by atoms with Crippen LogP contribution >= 0.6 is 15.9 Å². The third-order valence-corrected chi connectivity index (χ3v) is 3.30. The van der Waals surface area contributed by atoms with E-state index in [1.54, 1.807) is 0 Å². The van der Waals surface area contributed by atoms with Crippen molar-refractivity contribution < 1.29 is 4.74 Å². The van der Waals surface area contributed by atoms with Gasteiger partial charge in [-0.3, -0.25) is 0 Å². The predicted molar refractivity (Wildman–Crippen MR) is 78.0 cm³/mol. The quantitative estimate of drug-likeness (QED) is 0.916. The minimum atomic E-state index is 0.458. The average Bonchev–Trinajstić information content (AvgIpc) is 2.36. The van der Waals surface area contributed by atoms with E-state index in [0.29, 0.717) is 6.54 Å². The molecule has 2 N–H and O–H groups in total. The van der Waals surface area contributed by atoms with Crippen molar-refractivity contribution in [1.82, 2.24) is 0 Å². The zero-order chi connectivity index (χ0) is 13.1. The van der Waals surface area contributed by atoms with Gasteiger partial charge in [-0.1, -0.05) is 28.1 Å². The van der Waals surface area contributed by atoms with E-state index >= 15 is 0 Å². The van der Waals surface area contributed by atoms with Crippen LogP contribution in [0.3, 0.4) is 0 Å². The topological polar surface area (TPSA) is 35.2 Å². The molecule has 0 heterocycles. The van der Waals surface area contributed by atoms with Crippen LogP contribution in [0.15, 0.2) is 40.9 Å². The second-order valence-electron chi connectivity index (χ2n) is 4.33. The Labute approximate surface area is 116 Å². The van der Waals surface area contributed by atoms with Gasteiger partial charge in [-0.25, -0.2) is 0 Å². The summed E-state index contributed by atoms with van der Waals surface area (Å²) in [6.07, 6.45) is 0. The number of nitrogens with two attached hydrogens (primary N) is 1. The Kier molecular flexibility index (Phi) is 4.04. The first-order valence-corrected chi connectivity index (χ1v) is 6.63. The Morgan fingerprint density at radius 2 is 1.83 bits per heavy atom. The molecule has 2 rings (SSSR count). The summed E-state index contributed by atoms with van der Waals surface area (Å²) in [6, 6.07) is 12.1. The number of hydrogen-bond acceptors (Lipinski definition) is 2. The van der Waals surface area contributed by atoms with Gasteiger partial charge in [0, 0.05) is 16.6 Å². The highest BCUT2D eigenvalue weighted by Gasteiger charge is 2.06. The predicted octanol–water partition coefficient (Wildman–Crippen LogP) is 4.32. The molecule has 0 saturated heterocycles. The molecule has 0 aromatic heterocycles. The highest BCUT2D eigenvalue weighted by atomic mass is 79.9. The summed E-state index contributed by atoms with van der Waals surface area (Å²) in [5.74, 6) is 1.70. The lowest BCUT2D eigenvalue weighted by Gasteiger charge is -2.13. The Morgan fingerprint density at radius 3 is 2.56 bits per heavy atom. The van der Waals surface area contributed by atoms with Gasteiger partial charge >= 0.3 is 0 Å². The third kappa shape index (κ3) is 2.92. The van der Waals surface area contributed by atoms with Crippen molar-refractivity contribution >= 4 is 15.9 Å². The fraction of sp³-hybridized carbons (Fsp3) is 0.200. The SMILES string of the molecule is Cc1ccc(C)c(Oc2ccc(Br)cc2CN)c1. The second kappa shape index (κ2) is 5.55. The highest BCUT2D eigenvalue weighted by Crippen LogP contribution is 2.30. The van der Waals surface area contributed by atoms with Crippen LogP contribution in [0.25, 0.3) is 0 Å². The molecule has 0 unspecified atom stereocenters. The van der Waals surface area contributed by atoms with Gasteiger partial charge in [-0.15, -0.1) is 0 Å². The van der Waals surface area contributed by atoms with Gasteiger partial charge in [0.2, 0.25) is 0 Å². The molecule has 94 valence electrons. The Hall–Kier alpha value is -1.32. The summed E-state index contributed by atoms with van der Waals surface area (Å²) in [6.45, 7) is 4.55. The van der Waals surface area contributed by atoms with Crippen molar-refractivity contribution in [3.8, 4) is 11.5 Å². The zero-order valence-corrected chi connectivity index (χ0v) is 12.1. The molecule has 2 nitrogen and oxygen atoms in total. The maximum Gasteiger partial charge on any atom is 0.132 e. The van der Waals surface area contributed by atoms with Crippen LogP contribution in [0.2, 0.25) is 0 Å². The maximum absolute atomic E-state index is 5.97. The van der Waals surface area contributed by atoms with Gasteiger partial charge in [0.1, 0.15) is 11.5 Å². The number of benzene rings is 2. The van der Waals surface area contributed by atoms with Crippen LogP contribution in [-0.2, 0) is 6.54 Å². The van der Waals surface area contributed by atoms with Gasteiger partial charge in [0.25, 0.3) is 0 Å². The van der Waals surface area contributed by atoms with Crippen LogP contribution in [0.1, 0.15) is 16.7 Å². The van der Waals surface area contributed by atoms with E-state index in [-0.39, 0.29) is 0 Å². The summed E-state index contributed by atoms with van der Waals surface area (Å²) in [5.41, 5.74) is 9.03. The minimum absolute atomic E-state index is 0.458. The summed E-state index contributed by atoms with van der Waals surface area (Å²) >= 11 is 3.44. The smallest absolute Gasteiger partial charge is 0.132 e. The number of rotatable bonds is 3. The molecule has 3 heteroatoms. The normalized spacial score (nSPS) is 10.4. The molecule has 0 atom stereocenters. The molecule has 0 saturated carbocycles. The van der Waals surface area contributed by atoms with Gasteiger partial charge < -0.3 is 10.5 Å². The monoisotopic (exact) mass is 305 g/mol. The summed E-state index contributed by atoms with van der Waals surface area (Å²) in [7, 11) is 0. The lowest BCUT2D eigenvalue weighted by Crippen LogP contribution is -2.00. The molecule has 0 aliphatic rings. The zero-order valence-electron chi connectivity index (χ0n) is 10.5. The van der Waals surface area contributed by atoms with Crippen molar-refractivity contribution in [2.75, 3.05) is 0 Å². The largest absolute Gasteiger partial charge is 0.457 e. The summed E-state index contributed by atoms with van der Waals surface area (Å²) in [4.78, 5) is 0. The van der Waals surface area contributed by atoms with Crippen molar-refractivity contribution in [2.45, 2.75) is 20.4 Å². The molecule has 18 heavy (non-hydrogen) atoms. The fourth-order valence-corrected chi connectivity index (χ4v) is 2.15. The summed E-state index contributed by atoms with van der Waals surface area (Å²) < 4.78 is 6.98. The minimum Gasteiger partial charge on any atom is -0.457 e. The molecule has 0 radical (unpaired) electrons. The third-order valence-electron chi connectivity index (χ3n) is 2.81. The first kappa shape index (κ1) is 13.1. The van der Waals surface area contributed by atoms with Crippen molar-refractivity contribution in [2.24, 2.45) is 5.73 Å². The van der Waals surface area contributed by atoms with Crippen molar-refractivity contribution in [1.29, 1.82) is 0 Å². The van der Waals surface area contributed by atoms with Crippen LogP contribution in [0.5, 0.6) is 11.5 Å². The number of aryl methyl sites for hydroxylation is 2. The molecule has 2 aromatic rings. The van der Waals surface area contributed by atoms with Gasteiger partial charge in [-0.2, -0.15) is 0 Å². The van der Waals surface area contributed by atoms with Crippen LogP contribution in [0, 0.1) is 13.8 Å². The summed E-state index contributed by atoms with van der Waals surface area (Å²) in [5, 5.41) is 0. The van der Waals surface area contributed by atoms with E-state index in [1.807, 2.05) is 31.2 Å². The van der Waals surface area contributed by atoms with E-state index in [9.17, 15) is 0 Å². The average molecular weight is 306 g/mol. The van der Waals surface area contributed by atoms with Gasteiger partial charge in [0.05, 0.1) is 0 Å². The molecule has 0 aliphatic heterocycles. The van der Waals surface area contributed by atoms with Crippen molar-refractivity contribution in [3.63, 3.8) is 0 Å². The highest BCUT2D eigenvalue weighted by molar-refractivity contribution is 9.10. The molecule has 0 fully saturated rings. The molecular formula is C15H16BrNO. The Bertz CT molecular complexity index is 566. The van der Waals surface area contributed by atoms with Gasteiger partial charge in [0.15, 0.2) is 0 Å². The van der Waals surface area contributed by atoms with E-state index in [4.69, 9.17) is 10.5 Å². The number of hydrogen-bond donors (Lipinski definition) is 1. The second-order valence-corrected chi connectivity index (χ2v) is 5.24. The molecule has 0 bridgehead atoms. The fourth-order valence-electron chi connectivity index (χ4n) is 1.74. The Balaban J connectivity index is 2.36. The first-order chi connectivity index (χ1) is 8.60. The van der Waals surface area contributed by atoms with Crippen LogP contribution < -0.4 is 10.5 Å².